The summed E-state index contributed by atoms with van der Waals surface area (Å²) in [6, 6.07) is 40.4. The van der Waals surface area contributed by atoms with Gasteiger partial charge in [-0.3, -0.25) is 0 Å². The summed E-state index contributed by atoms with van der Waals surface area (Å²) >= 11 is 0. The minimum Gasteiger partial charge on any atom is -0.313 e. The second-order valence-corrected chi connectivity index (χ2v) is 24.4. The molecule has 14 rings (SSSR count). The van der Waals surface area contributed by atoms with Gasteiger partial charge in [0, 0.05) is 44.2 Å². The van der Waals surface area contributed by atoms with Gasteiger partial charge in [-0.25, -0.2) is 0 Å². The number of para-hydroxylation sites is 3. The molecule has 1 atom stereocenters. The van der Waals surface area contributed by atoms with Crippen molar-refractivity contribution in [1.82, 2.24) is 0 Å². The van der Waals surface area contributed by atoms with E-state index >= 15 is 0 Å². The second-order valence-electron chi connectivity index (χ2n) is 24.4. The molecule has 0 spiro atoms. The third-order valence-electron chi connectivity index (χ3n) is 19.1. The number of nitrogens with zero attached hydrogens (tertiary/aromatic N) is 2. The molecule has 0 amide bonds. The highest BCUT2D eigenvalue weighted by molar-refractivity contribution is 6.11. The predicted molar refractivity (Wildman–Crippen MR) is 277 cm³/mol. The first-order valence-electron chi connectivity index (χ1n) is 24.9. The molecule has 4 aliphatic heterocycles. The maximum atomic E-state index is 2.77. The van der Waals surface area contributed by atoms with E-state index in [1.54, 1.807) is 22.3 Å². The molecule has 0 bridgehead atoms. The van der Waals surface area contributed by atoms with Crippen molar-refractivity contribution in [3.05, 3.63) is 193 Å². The minimum atomic E-state index is -0.234. The van der Waals surface area contributed by atoms with Gasteiger partial charge < -0.3 is 9.80 Å². The van der Waals surface area contributed by atoms with Crippen LogP contribution in [0.15, 0.2) is 143 Å². The molecule has 2 heteroatoms. The number of allylic oxidation sites excluding steroid dienone is 7. The van der Waals surface area contributed by atoms with Gasteiger partial charge in [0.1, 0.15) is 0 Å². The second kappa shape index (κ2) is 11.8. The van der Waals surface area contributed by atoms with Crippen LogP contribution in [0.5, 0.6) is 0 Å². The minimum absolute atomic E-state index is 0.0473. The van der Waals surface area contributed by atoms with Crippen LogP contribution in [0, 0.1) is 11.3 Å². The van der Waals surface area contributed by atoms with E-state index in [0.717, 1.165) is 19.3 Å². The summed E-state index contributed by atoms with van der Waals surface area (Å²) in [6.45, 7) is 30.1. The van der Waals surface area contributed by atoms with Crippen LogP contribution < -0.4 is 9.80 Å². The largest absolute Gasteiger partial charge is 0.313 e. The predicted octanol–water partition coefficient (Wildman–Crippen LogP) is 16.7. The van der Waals surface area contributed by atoms with Gasteiger partial charge in [-0.05, 0) is 149 Å². The number of benzene rings is 6. The maximum absolute atomic E-state index is 2.77. The van der Waals surface area contributed by atoms with E-state index in [-0.39, 0.29) is 32.5 Å². The number of anilines is 4. The molecule has 0 fully saturated rings. The van der Waals surface area contributed by atoms with Crippen molar-refractivity contribution >= 4 is 39.1 Å². The van der Waals surface area contributed by atoms with Crippen LogP contribution in [-0.2, 0) is 27.1 Å². The molecular weight excluding hydrogens is 797 g/mol. The Balaban J connectivity index is 1.02. The molecule has 0 radical (unpaired) electrons. The Morgan fingerprint density at radius 1 is 0.500 bits per heavy atom. The van der Waals surface area contributed by atoms with Crippen LogP contribution in [0.25, 0.3) is 27.5 Å². The van der Waals surface area contributed by atoms with Crippen molar-refractivity contribution in [2.24, 2.45) is 11.3 Å². The lowest BCUT2D eigenvalue weighted by molar-refractivity contribution is 0.385. The van der Waals surface area contributed by atoms with Crippen LogP contribution in [0.2, 0.25) is 0 Å². The Morgan fingerprint density at radius 3 is 1.79 bits per heavy atom. The van der Waals surface area contributed by atoms with Gasteiger partial charge in [0.25, 0.3) is 0 Å². The fraction of sp³-hybridized carbons (Fsp3) is 0.344. The Morgan fingerprint density at radius 2 is 1.09 bits per heavy atom. The highest BCUT2D eigenvalue weighted by Crippen LogP contribution is 2.69. The Bertz CT molecular complexity index is 3460. The quantitative estimate of drug-likeness (QED) is 0.150. The lowest BCUT2D eigenvalue weighted by Crippen LogP contribution is -2.46. The SMILES string of the molecule is CC1(C)C2=C(CC3C(=C2)c2c(c4c(c5ccccc25)-c2cc5c(cc2C4(C)C)N2c4ccccc4C(C)(C)c4cccc(c42)C5(C)C)C3(C)C)N2C3=C1CCC=C3C(C)(C)c1ccccc12. The van der Waals surface area contributed by atoms with E-state index in [1.165, 1.54) is 106 Å². The number of fused-ring (bicyclic) bond motifs is 17. The average molecular weight is 859 g/mol. The van der Waals surface area contributed by atoms with E-state index < -0.39 is 0 Å². The van der Waals surface area contributed by atoms with Gasteiger partial charge in [-0.15, -0.1) is 0 Å². The Hall–Kier alpha value is -5.86. The third kappa shape index (κ3) is 4.26. The van der Waals surface area contributed by atoms with Crippen molar-refractivity contribution in [2.75, 3.05) is 9.80 Å². The zero-order valence-electron chi connectivity index (χ0n) is 41.1. The molecule has 0 N–H and O–H groups in total. The topological polar surface area (TPSA) is 6.48 Å². The van der Waals surface area contributed by atoms with Gasteiger partial charge in [0.2, 0.25) is 0 Å². The number of rotatable bonds is 0. The first-order valence-corrected chi connectivity index (χ1v) is 24.9. The van der Waals surface area contributed by atoms with Gasteiger partial charge in [-0.1, -0.05) is 174 Å². The van der Waals surface area contributed by atoms with E-state index in [0.29, 0.717) is 5.92 Å². The molecular formula is C64H62N2. The molecule has 0 saturated carbocycles. The van der Waals surface area contributed by atoms with Gasteiger partial charge >= 0.3 is 0 Å². The van der Waals surface area contributed by atoms with Gasteiger partial charge in [0.15, 0.2) is 0 Å². The highest BCUT2D eigenvalue weighted by Gasteiger charge is 2.57. The van der Waals surface area contributed by atoms with Crippen LogP contribution in [0.3, 0.4) is 0 Å². The fourth-order valence-corrected chi connectivity index (χ4v) is 15.7. The maximum Gasteiger partial charge on any atom is 0.0543 e. The summed E-state index contributed by atoms with van der Waals surface area (Å²) < 4.78 is 0. The molecule has 328 valence electrons. The summed E-state index contributed by atoms with van der Waals surface area (Å²) in [4.78, 5) is 5.43. The summed E-state index contributed by atoms with van der Waals surface area (Å²) in [6.07, 6.45) is 8.56. The van der Waals surface area contributed by atoms with Gasteiger partial charge in [0.05, 0.1) is 17.1 Å². The monoisotopic (exact) mass is 858 g/mol. The van der Waals surface area contributed by atoms with Crippen molar-refractivity contribution < 1.29 is 0 Å². The summed E-state index contributed by atoms with van der Waals surface area (Å²) in [5.74, 6) is 0.338. The van der Waals surface area contributed by atoms with E-state index in [4.69, 9.17) is 0 Å². The summed E-state index contributed by atoms with van der Waals surface area (Å²) in [5, 5.41) is 2.82. The zero-order chi connectivity index (χ0) is 45.6. The first-order chi connectivity index (χ1) is 31.3. The van der Waals surface area contributed by atoms with Crippen molar-refractivity contribution in [1.29, 1.82) is 0 Å². The van der Waals surface area contributed by atoms with Crippen LogP contribution in [-0.4, -0.2) is 0 Å². The molecule has 4 aliphatic carbocycles. The smallest absolute Gasteiger partial charge is 0.0543 e. The molecule has 0 aromatic heterocycles. The number of hydrogen-bond acceptors (Lipinski definition) is 2. The molecule has 2 nitrogen and oxygen atoms in total. The van der Waals surface area contributed by atoms with Crippen molar-refractivity contribution in [2.45, 2.75) is 129 Å². The lowest BCUT2D eigenvalue weighted by Gasteiger charge is -2.54. The molecule has 6 aromatic carbocycles. The van der Waals surface area contributed by atoms with E-state index in [1.807, 2.05) is 0 Å². The molecule has 8 aliphatic rings. The molecule has 0 saturated heterocycles. The van der Waals surface area contributed by atoms with E-state index in [9.17, 15) is 0 Å². The van der Waals surface area contributed by atoms with Gasteiger partial charge in [-0.2, -0.15) is 0 Å². The van der Waals surface area contributed by atoms with Crippen LogP contribution in [0.4, 0.5) is 22.7 Å². The highest BCUT2D eigenvalue weighted by atomic mass is 15.2. The standard InChI is InChI=1S/C64H62N2/c1-59(2)39-23-15-17-29-49(39)65-51-33-45-37(31-47(51)61(5,6)43-27-19-25-41(59)57(43)65)53-35-21-13-14-22-36(35)54-38-32-48-52(34-46(38)64(11,12)56(54)55(53)63(45,9)10)66-50-30-18-16-24-40(50)60(3,4)42-26-20-28-44(58(42)66)62(48,7)8/h13-19,21-27,29-33,46H,20,28,34H2,1-12H3. The zero-order valence-corrected chi connectivity index (χ0v) is 41.1. The van der Waals surface area contributed by atoms with Crippen LogP contribution >= 0.6 is 0 Å². The van der Waals surface area contributed by atoms with Crippen molar-refractivity contribution in [3.63, 3.8) is 0 Å². The lowest BCUT2D eigenvalue weighted by atomic mass is 9.60. The Kier molecular flexibility index (Phi) is 7.03. The first kappa shape index (κ1) is 39.3. The normalized spacial score (nSPS) is 23.5. The molecule has 6 aromatic rings. The summed E-state index contributed by atoms with van der Waals surface area (Å²) in [5.41, 5.74) is 30.0. The fourth-order valence-electron chi connectivity index (χ4n) is 15.7. The third-order valence-corrected chi connectivity index (χ3v) is 19.1. The average Bonchev–Trinajstić information content (AvgIpc) is 3.66. The van der Waals surface area contributed by atoms with Crippen LogP contribution in [0.1, 0.15) is 152 Å². The molecule has 4 heterocycles. The van der Waals surface area contributed by atoms with Crippen molar-refractivity contribution in [3.8, 4) is 11.1 Å². The molecule has 1 unspecified atom stereocenters. The molecule has 66 heavy (non-hydrogen) atoms. The number of hydrogen-bond donors (Lipinski definition) is 0. The summed E-state index contributed by atoms with van der Waals surface area (Å²) in [7, 11) is 0. The van der Waals surface area contributed by atoms with E-state index in [2.05, 4.69) is 208 Å². The Labute approximate surface area is 392 Å².